The van der Waals surface area contributed by atoms with Crippen molar-refractivity contribution < 1.29 is 27.4 Å². The maximum atomic E-state index is 13.9. The summed E-state index contributed by atoms with van der Waals surface area (Å²) >= 11 is 0. The number of benzene rings is 2. The van der Waals surface area contributed by atoms with Crippen LogP contribution in [0.25, 0.3) is 11.3 Å². The van der Waals surface area contributed by atoms with E-state index < -0.39 is 17.7 Å². The summed E-state index contributed by atoms with van der Waals surface area (Å²) < 4.78 is 51.8. The second-order valence-corrected chi connectivity index (χ2v) is 6.93. The Morgan fingerprint density at radius 3 is 2.53 bits per heavy atom. The van der Waals surface area contributed by atoms with Crippen LogP contribution in [0, 0.1) is 0 Å². The second kappa shape index (κ2) is 9.72. The number of carbonyl (C=O) groups is 1. The molecule has 0 amide bonds. The monoisotopic (exact) mass is 444 g/mol. The van der Waals surface area contributed by atoms with Crippen LogP contribution < -0.4 is 10.1 Å². The molecule has 3 rings (SSSR count). The van der Waals surface area contributed by atoms with Gasteiger partial charge in [-0.25, -0.2) is 4.79 Å². The normalized spacial score (nSPS) is 11.2. The highest BCUT2D eigenvalue weighted by Gasteiger charge is 2.35. The average Bonchev–Trinajstić information content (AvgIpc) is 2.79. The van der Waals surface area contributed by atoms with Crippen molar-refractivity contribution in [2.45, 2.75) is 26.4 Å². The summed E-state index contributed by atoms with van der Waals surface area (Å²) in [5, 5.41) is 2.89. The fraction of sp³-hybridized carbons (Fsp3) is 0.250. The van der Waals surface area contributed by atoms with Crippen LogP contribution in [-0.2, 0) is 17.3 Å². The highest BCUT2D eigenvalue weighted by Crippen LogP contribution is 2.38. The summed E-state index contributed by atoms with van der Waals surface area (Å²) in [6, 6.07) is 12.4. The zero-order valence-corrected chi connectivity index (χ0v) is 17.9. The van der Waals surface area contributed by atoms with Gasteiger partial charge in [-0.2, -0.15) is 13.2 Å². The molecule has 0 aliphatic heterocycles. The molecule has 0 aliphatic rings. The van der Waals surface area contributed by atoms with Crippen LogP contribution in [0.15, 0.2) is 54.7 Å². The Kier molecular flexibility index (Phi) is 7.02. The van der Waals surface area contributed by atoms with E-state index in [0.29, 0.717) is 17.9 Å². The minimum atomic E-state index is -4.64. The van der Waals surface area contributed by atoms with Gasteiger partial charge in [0.2, 0.25) is 0 Å². The second-order valence-electron chi connectivity index (χ2n) is 6.93. The summed E-state index contributed by atoms with van der Waals surface area (Å²) in [6.45, 7) is 3.81. The zero-order chi connectivity index (χ0) is 23.3. The number of pyridine rings is 1. The van der Waals surface area contributed by atoms with Gasteiger partial charge >= 0.3 is 12.1 Å². The van der Waals surface area contributed by atoms with Crippen LogP contribution in [0.2, 0.25) is 0 Å². The van der Waals surface area contributed by atoms with Crippen molar-refractivity contribution in [2.75, 3.05) is 19.0 Å². The van der Waals surface area contributed by atoms with Crippen molar-refractivity contribution in [3.63, 3.8) is 0 Å². The topological polar surface area (TPSA) is 60.5 Å². The van der Waals surface area contributed by atoms with E-state index in [4.69, 9.17) is 9.47 Å². The number of nitrogens with zero attached hydrogens (tertiary/aromatic N) is 1. The van der Waals surface area contributed by atoms with E-state index in [1.165, 1.54) is 25.4 Å². The number of nitrogens with one attached hydrogen (secondary N) is 1. The Morgan fingerprint density at radius 2 is 1.88 bits per heavy atom. The lowest BCUT2D eigenvalue weighted by atomic mass is 10.0. The van der Waals surface area contributed by atoms with Crippen molar-refractivity contribution in [1.82, 2.24) is 4.98 Å². The summed E-state index contributed by atoms with van der Waals surface area (Å²) in [5.74, 6) is -0.128. The molecule has 0 saturated carbocycles. The molecule has 2 aromatic carbocycles. The molecule has 1 aromatic heterocycles. The van der Waals surface area contributed by atoms with E-state index in [0.717, 1.165) is 11.6 Å². The van der Waals surface area contributed by atoms with E-state index >= 15 is 0 Å². The fourth-order valence-corrected chi connectivity index (χ4v) is 3.20. The Labute approximate surface area is 184 Å². The smallest absolute Gasteiger partial charge is 0.418 e. The molecule has 1 N–H and O–H groups in total. The van der Waals surface area contributed by atoms with Crippen molar-refractivity contribution in [3.05, 3.63) is 71.4 Å². The predicted octanol–water partition coefficient (Wildman–Crippen LogP) is 6.26. The molecule has 0 aliphatic carbocycles. The van der Waals surface area contributed by atoms with Gasteiger partial charge in [-0.1, -0.05) is 25.1 Å². The van der Waals surface area contributed by atoms with Crippen LogP contribution in [-0.4, -0.2) is 24.7 Å². The number of aryl methyl sites for hydroxylation is 1. The first-order valence-electron chi connectivity index (χ1n) is 10.1. The van der Waals surface area contributed by atoms with Crippen LogP contribution >= 0.6 is 0 Å². The van der Waals surface area contributed by atoms with Crippen LogP contribution in [0.1, 0.15) is 35.3 Å². The molecule has 0 radical (unpaired) electrons. The molecule has 3 aromatic rings. The van der Waals surface area contributed by atoms with Gasteiger partial charge in [-0.3, -0.25) is 4.98 Å². The number of esters is 1. The van der Waals surface area contributed by atoms with E-state index in [9.17, 15) is 18.0 Å². The molecule has 32 heavy (non-hydrogen) atoms. The molecular formula is C24H23F3N2O3. The van der Waals surface area contributed by atoms with Gasteiger partial charge in [0, 0.05) is 5.56 Å². The van der Waals surface area contributed by atoms with Gasteiger partial charge < -0.3 is 14.8 Å². The largest absolute Gasteiger partial charge is 0.497 e. The zero-order valence-electron chi connectivity index (χ0n) is 17.9. The molecule has 0 spiro atoms. The maximum absolute atomic E-state index is 13.9. The van der Waals surface area contributed by atoms with Gasteiger partial charge in [-0.05, 0) is 49.2 Å². The first-order chi connectivity index (χ1) is 15.3. The standard InChI is InChI=1S/C24H23F3N2O3/c1-4-15-9-10-21(19(11-15)23(30)32-5-2)29-17-13-20(24(25,26)27)22(28-14-17)16-7-6-8-18(12-16)31-3/h6-14,29H,4-5H2,1-3H3. The van der Waals surface area contributed by atoms with Crippen LogP contribution in [0.5, 0.6) is 5.75 Å². The number of hydrogen-bond donors (Lipinski definition) is 1. The number of alkyl halides is 3. The predicted molar refractivity (Wildman–Crippen MR) is 116 cm³/mol. The van der Waals surface area contributed by atoms with Crippen molar-refractivity contribution >= 4 is 17.3 Å². The van der Waals surface area contributed by atoms with E-state index in [1.54, 1.807) is 37.3 Å². The van der Waals surface area contributed by atoms with Crippen molar-refractivity contribution in [2.24, 2.45) is 0 Å². The SMILES string of the molecule is CCOC(=O)c1cc(CC)ccc1Nc1cnc(-c2cccc(OC)c2)c(C(F)(F)F)c1. The molecule has 0 saturated heterocycles. The molecule has 168 valence electrons. The Morgan fingerprint density at radius 1 is 1.09 bits per heavy atom. The molecule has 1 heterocycles. The molecule has 5 nitrogen and oxygen atoms in total. The number of rotatable bonds is 7. The lowest BCUT2D eigenvalue weighted by Crippen LogP contribution is -2.11. The molecule has 8 heteroatoms. The summed E-state index contributed by atoms with van der Waals surface area (Å²) in [5.41, 5.74) is 0.747. The van der Waals surface area contributed by atoms with Crippen LogP contribution in [0.3, 0.4) is 0 Å². The minimum absolute atomic E-state index is 0.0961. The third-order valence-electron chi connectivity index (χ3n) is 4.80. The van der Waals surface area contributed by atoms with Gasteiger partial charge in [0.15, 0.2) is 0 Å². The van der Waals surface area contributed by atoms with E-state index in [1.807, 2.05) is 6.92 Å². The number of halogens is 3. The minimum Gasteiger partial charge on any atom is -0.497 e. The molecular weight excluding hydrogens is 421 g/mol. The number of ether oxygens (including phenoxy) is 2. The number of carbonyl (C=O) groups excluding carboxylic acids is 1. The van der Waals surface area contributed by atoms with Gasteiger partial charge in [0.25, 0.3) is 0 Å². The lowest BCUT2D eigenvalue weighted by molar-refractivity contribution is -0.137. The van der Waals surface area contributed by atoms with E-state index in [2.05, 4.69) is 10.3 Å². The number of methoxy groups -OCH3 is 1. The number of anilines is 2. The quantitative estimate of drug-likeness (QED) is 0.436. The van der Waals surface area contributed by atoms with E-state index in [-0.39, 0.29) is 29.1 Å². The fourth-order valence-electron chi connectivity index (χ4n) is 3.20. The average molecular weight is 444 g/mol. The summed E-state index contributed by atoms with van der Waals surface area (Å²) in [7, 11) is 1.44. The first kappa shape index (κ1) is 23.1. The molecule has 0 unspecified atom stereocenters. The third-order valence-corrected chi connectivity index (χ3v) is 4.80. The lowest BCUT2D eigenvalue weighted by Gasteiger charge is -2.17. The van der Waals surface area contributed by atoms with Crippen molar-refractivity contribution in [3.8, 4) is 17.0 Å². The first-order valence-corrected chi connectivity index (χ1v) is 10.1. The van der Waals surface area contributed by atoms with Gasteiger partial charge in [0.05, 0.1) is 48.1 Å². The highest BCUT2D eigenvalue weighted by molar-refractivity contribution is 5.96. The number of aromatic nitrogens is 1. The summed E-state index contributed by atoms with van der Waals surface area (Å²) in [6.07, 6.45) is -2.65. The highest BCUT2D eigenvalue weighted by atomic mass is 19.4. The summed E-state index contributed by atoms with van der Waals surface area (Å²) in [4.78, 5) is 16.5. The molecule has 0 atom stereocenters. The Balaban J connectivity index is 2.04. The van der Waals surface area contributed by atoms with Crippen LogP contribution in [0.4, 0.5) is 24.5 Å². The maximum Gasteiger partial charge on any atom is 0.418 e. The molecule has 0 fully saturated rings. The van der Waals surface area contributed by atoms with Crippen molar-refractivity contribution in [1.29, 1.82) is 0 Å². The third kappa shape index (κ3) is 5.19. The number of hydrogen-bond acceptors (Lipinski definition) is 5. The molecule has 0 bridgehead atoms. The van der Waals surface area contributed by atoms with Gasteiger partial charge in [-0.15, -0.1) is 0 Å². The Hall–Kier alpha value is -3.55. The Bertz CT molecular complexity index is 1110. The van der Waals surface area contributed by atoms with Gasteiger partial charge in [0.1, 0.15) is 5.75 Å².